The second-order valence-corrected chi connectivity index (χ2v) is 8.55. The van der Waals surface area contributed by atoms with E-state index in [0.717, 1.165) is 44.9 Å². The molecule has 25 heavy (non-hydrogen) atoms. The molecule has 0 bridgehead atoms. The van der Waals surface area contributed by atoms with Gasteiger partial charge in [0.05, 0.1) is 4.90 Å². The van der Waals surface area contributed by atoms with Gasteiger partial charge < -0.3 is 5.32 Å². The average Bonchev–Trinajstić information content (AvgIpc) is 2.65. The van der Waals surface area contributed by atoms with Crippen LogP contribution in [0.25, 0.3) is 0 Å². The van der Waals surface area contributed by atoms with Crippen molar-refractivity contribution in [3.05, 3.63) is 29.8 Å². The third kappa shape index (κ3) is 5.05. The maximum atomic E-state index is 12.9. The molecule has 1 aromatic carbocycles. The Bertz CT molecular complexity index is 656. The SMILES string of the molecule is CCCCCNC(=O)c1ccc(S(=O)(=O)N2CCCCC2CC)cc1. The van der Waals surface area contributed by atoms with E-state index in [4.69, 9.17) is 0 Å². The predicted octanol–water partition coefficient (Wildman–Crippen LogP) is 3.56. The topological polar surface area (TPSA) is 66.5 Å². The molecule has 0 saturated carbocycles. The Hall–Kier alpha value is -1.40. The van der Waals surface area contributed by atoms with Gasteiger partial charge in [-0.05, 0) is 49.9 Å². The van der Waals surface area contributed by atoms with Gasteiger partial charge in [0.25, 0.3) is 5.91 Å². The molecule has 6 heteroatoms. The summed E-state index contributed by atoms with van der Waals surface area (Å²) in [5.74, 6) is -0.149. The van der Waals surface area contributed by atoms with Gasteiger partial charge in [0.1, 0.15) is 0 Å². The first-order valence-corrected chi connectivity index (χ1v) is 10.8. The zero-order valence-electron chi connectivity index (χ0n) is 15.3. The van der Waals surface area contributed by atoms with E-state index in [9.17, 15) is 13.2 Å². The van der Waals surface area contributed by atoms with Crippen molar-refractivity contribution < 1.29 is 13.2 Å². The molecule has 1 heterocycles. The molecule has 1 unspecified atom stereocenters. The number of nitrogens with zero attached hydrogens (tertiary/aromatic N) is 1. The number of unbranched alkanes of at least 4 members (excludes halogenated alkanes) is 2. The summed E-state index contributed by atoms with van der Waals surface area (Å²) in [6.45, 7) is 5.39. The monoisotopic (exact) mass is 366 g/mol. The van der Waals surface area contributed by atoms with Crippen molar-refractivity contribution in [1.82, 2.24) is 9.62 Å². The maximum absolute atomic E-state index is 12.9. The number of benzene rings is 1. The number of amides is 1. The summed E-state index contributed by atoms with van der Waals surface area (Å²) in [6, 6.07) is 6.40. The van der Waals surface area contributed by atoms with Crippen molar-refractivity contribution in [3.63, 3.8) is 0 Å². The number of nitrogens with one attached hydrogen (secondary N) is 1. The van der Waals surface area contributed by atoms with Crippen LogP contribution in [0.2, 0.25) is 0 Å². The highest BCUT2D eigenvalue weighted by Crippen LogP contribution is 2.27. The summed E-state index contributed by atoms with van der Waals surface area (Å²) in [5.41, 5.74) is 0.501. The minimum Gasteiger partial charge on any atom is -0.352 e. The largest absolute Gasteiger partial charge is 0.352 e. The van der Waals surface area contributed by atoms with E-state index in [1.807, 2.05) is 6.92 Å². The average molecular weight is 367 g/mol. The van der Waals surface area contributed by atoms with Gasteiger partial charge in [-0.3, -0.25) is 4.79 Å². The van der Waals surface area contributed by atoms with Crippen LogP contribution in [0.3, 0.4) is 0 Å². The molecule has 5 nitrogen and oxygen atoms in total. The van der Waals surface area contributed by atoms with Crippen molar-refractivity contribution in [2.75, 3.05) is 13.1 Å². The highest BCUT2D eigenvalue weighted by atomic mass is 32.2. The van der Waals surface area contributed by atoms with Crippen molar-refractivity contribution in [2.45, 2.75) is 69.7 Å². The molecule has 1 amide bonds. The second kappa shape index (κ2) is 9.34. The van der Waals surface area contributed by atoms with E-state index < -0.39 is 10.0 Å². The van der Waals surface area contributed by atoms with Gasteiger partial charge in [0.2, 0.25) is 10.0 Å². The summed E-state index contributed by atoms with van der Waals surface area (Å²) in [5, 5.41) is 2.87. The van der Waals surface area contributed by atoms with Crippen molar-refractivity contribution >= 4 is 15.9 Å². The fourth-order valence-electron chi connectivity index (χ4n) is 3.29. The lowest BCUT2D eigenvalue weighted by molar-refractivity contribution is 0.0953. The Balaban J connectivity index is 2.06. The smallest absolute Gasteiger partial charge is 0.251 e. The minimum absolute atomic E-state index is 0.0836. The Morgan fingerprint density at radius 2 is 1.88 bits per heavy atom. The molecule has 1 N–H and O–H groups in total. The van der Waals surface area contributed by atoms with E-state index in [1.54, 1.807) is 28.6 Å². The maximum Gasteiger partial charge on any atom is 0.251 e. The quantitative estimate of drug-likeness (QED) is 0.715. The minimum atomic E-state index is -3.49. The summed E-state index contributed by atoms with van der Waals surface area (Å²) in [7, 11) is -3.49. The van der Waals surface area contributed by atoms with Crippen LogP contribution < -0.4 is 5.32 Å². The Labute approximate surface area is 151 Å². The highest BCUT2D eigenvalue weighted by Gasteiger charge is 2.32. The van der Waals surface area contributed by atoms with Gasteiger partial charge in [0, 0.05) is 24.7 Å². The number of hydrogen-bond donors (Lipinski definition) is 1. The number of carbonyl (C=O) groups excluding carboxylic acids is 1. The molecule has 1 atom stereocenters. The Morgan fingerprint density at radius 3 is 2.52 bits per heavy atom. The molecular weight excluding hydrogens is 336 g/mol. The molecule has 2 rings (SSSR count). The Morgan fingerprint density at radius 1 is 1.16 bits per heavy atom. The first-order valence-electron chi connectivity index (χ1n) is 9.40. The normalized spacial score (nSPS) is 18.9. The van der Waals surface area contributed by atoms with Crippen LogP contribution in [-0.2, 0) is 10.0 Å². The molecule has 1 aliphatic rings. The third-order valence-corrected chi connectivity index (χ3v) is 6.80. The van der Waals surface area contributed by atoms with E-state index >= 15 is 0 Å². The standard InChI is InChI=1S/C19H30N2O3S/c1-3-5-7-14-20-19(22)16-10-12-18(13-11-16)25(23,24)21-15-8-6-9-17(21)4-2/h10-13,17H,3-9,14-15H2,1-2H3,(H,20,22). The van der Waals surface area contributed by atoms with Gasteiger partial charge in [-0.25, -0.2) is 8.42 Å². The van der Waals surface area contributed by atoms with Gasteiger partial charge in [-0.2, -0.15) is 4.31 Å². The number of hydrogen-bond acceptors (Lipinski definition) is 3. The molecule has 140 valence electrons. The summed E-state index contributed by atoms with van der Waals surface area (Å²) in [4.78, 5) is 12.4. The van der Waals surface area contributed by atoms with E-state index in [0.29, 0.717) is 18.7 Å². The van der Waals surface area contributed by atoms with Crippen LogP contribution in [0.15, 0.2) is 29.2 Å². The molecule has 1 aliphatic heterocycles. The first kappa shape index (κ1) is 19.9. The van der Waals surface area contributed by atoms with Gasteiger partial charge in [-0.15, -0.1) is 0 Å². The van der Waals surface area contributed by atoms with Crippen LogP contribution in [0.5, 0.6) is 0 Å². The lowest BCUT2D eigenvalue weighted by atomic mass is 10.0. The lowest BCUT2D eigenvalue weighted by Gasteiger charge is -2.34. The summed E-state index contributed by atoms with van der Waals surface area (Å²) < 4.78 is 27.4. The van der Waals surface area contributed by atoms with Crippen LogP contribution in [0.1, 0.15) is 69.2 Å². The number of piperidine rings is 1. The predicted molar refractivity (Wildman–Crippen MR) is 100 cm³/mol. The number of rotatable bonds is 8. The van der Waals surface area contributed by atoms with Crippen LogP contribution in [0, 0.1) is 0 Å². The first-order chi connectivity index (χ1) is 12.0. The molecule has 0 aromatic heterocycles. The van der Waals surface area contributed by atoms with Crippen LogP contribution in [0.4, 0.5) is 0 Å². The van der Waals surface area contributed by atoms with E-state index in [1.165, 1.54) is 0 Å². The lowest BCUT2D eigenvalue weighted by Crippen LogP contribution is -2.43. The summed E-state index contributed by atoms with van der Waals surface area (Å²) >= 11 is 0. The zero-order chi connectivity index (χ0) is 18.3. The van der Waals surface area contributed by atoms with Crippen LogP contribution >= 0.6 is 0 Å². The molecule has 0 radical (unpaired) electrons. The zero-order valence-corrected chi connectivity index (χ0v) is 16.1. The van der Waals surface area contributed by atoms with Gasteiger partial charge in [-0.1, -0.05) is 33.1 Å². The molecular formula is C19H30N2O3S. The molecule has 1 aromatic rings. The van der Waals surface area contributed by atoms with Crippen molar-refractivity contribution in [2.24, 2.45) is 0 Å². The molecule has 0 spiro atoms. The van der Waals surface area contributed by atoms with E-state index in [-0.39, 0.29) is 16.8 Å². The number of sulfonamides is 1. The number of carbonyl (C=O) groups is 1. The third-order valence-electron chi connectivity index (χ3n) is 4.83. The Kier molecular flexibility index (Phi) is 7.44. The second-order valence-electron chi connectivity index (χ2n) is 6.66. The van der Waals surface area contributed by atoms with Gasteiger partial charge >= 0.3 is 0 Å². The van der Waals surface area contributed by atoms with Crippen molar-refractivity contribution in [3.8, 4) is 0 Å². The molecule has 1 fully saturated rings. The van der Waals surface area contributed by atoms with E-state index in [2.05, 4.69) is 12.2 Å². The fraction of sp³-hybridized carbons (Fsp3) is 0.632. The van der Waals surface area contributed by atoms with Crippen LogP contribution in [-0.4, -0.2) is 37.8 Å². The summed E-state index contributed by atoms with van der Waals surface area (Å²) in [6.07, 6.45) is 6.91. The highest BCUT2D eigenvalue weighted by molar-refractivity contribution is 7.89. The fourth-order valence-corrected chi connectivity index (χ4v) is 5.06. The van der Waals surface area contributed by atoms with Crippen molar-refractivity contribution in [1.29, 1.82) is 0 Å². The van der Waals surface area contributed by atoms with Gasteiger partial charge in [0.15, 0.2) is 0 Å². The molecule has 0 aliphatic carbocycles. The molecule has 1 saturated heterocycles.